The molecule has 31 heavy (non-hydrogen) atoms. The Labute approximate surface area is 183 Å². The summed E-state index contributed by atoms with van der Waals surface area (Å²) in [5.74, 6) is -1.08. The van der Waals surface area contributed by atoms with E-state index >= 15 is 0 Å². The molecule has 0 bridgehead atoms. The number of esters is 1. The number of ether oxygens (including phenoxy) is 1. The minimum absolute atomic E-state index is 0.0577. The third kappa shape index (κ3) is 5.32. The normalized spacial score (nSPS) is 15.8. The largest absolute Gasteiger partial charge is 0.449 e. The van der Waals surface area contributed by atoms with Crippen molar-refractivity contribution in [3.8, 4) is 0 Å². The quantitative estimate of drug-likeness (QED) is 0.611. The molecule has 2 aromatic carbocycles. The molecule has 1 saturated heterocycles. The lowest BCUT2D eigenvalue weighted by Gasteiger charge is -2.26. The van der Waals surface area contributed by atoms with Crippen LogP contribution in [0.1, 0.15) is 43.5 Å². The summed E-state index contributed by atoms with van der Waals surface area (Å²) in [7, 11) is -3.67. The van der Waals surface area contributed by atoms with Gasteiger partial charge in [-0.15, -0.1) is 0 Å². The summed E-state index contributed by atoms with van der Waals surface area (Å²) in [6.45, 7) is 4.74. The average Bonchev–Trinajstić information content (AvgIpc) is 2.80. The van der Waals surface area contributed by atoms with Crippen molar-refractivity contribution in [2.24, 2.45) is 0 Å². The number of carbonyl (C=O) groups is 2. The van der Waals surface area contributed by atoms with E-state index in [-0.39, 0.29) is 16.4 Å². The molecule has 1 aliphatic rings. The molecule has 2 aromatic rings. The number of rotatable bonds is 7. The maximum Gasteiger partial charge on any atom is 0.338 e. The smallest absolute Gasteiger partial charge is 0.338 e. The second kappa shape index (κ2) is 10.1. The zero-order chi connectivity index (χ0) is 22.4. The summed E-state index contributed by atoms with van der Waals surface area (Å²) in [6, 6.07) is 14.9. The van der Waals surface area contributed by atoms with E-state index in [4.69, 9.17) is 4.74 Å². The SMILES string of the molecule is CCN(C(=O)[C@@H](C)OC(=O)c1cccc(S(=O)(=O)N2CCCCC2)c1)c1ccccc1. The Kier molecular flexibility index (Phi) is 7.46. The Morgan fingerprint density at radius 2 is 1.71 bits per heavy atom. The van der Waals surface area contributed by atoms with Crippen LogP contribution in [0.3, 0.4) is 0 Å². The van der Waals surface area contributed by atoms with Crippen molar-refractivity contribution < 1.29 is 22.7 Å². The van der Waals surface area contributed by atoms with Crippen LogP contribution in [-0.4, -0.2) is 50.3 Å². The molecule has 8 heteroatoms. The van der Waals surface area contributed by atoms with Crippen molar-refractivity contribution in [1.82, 2.24) is 4.31 Å². The lowest BCUT2D eigenvalue weighted by atomic mass is 10.2. The lowest BCUT2D eigenvalue weighted by Crippen LogP contribution is -2.40. The number of hydrogen-bond donors (Lipinski definition) is 0. The summed E-state index contributed by atoms with van der Waals surface area (Å²) >= 11 is 0. The van der Waals surface area contributed by atoms with E-state index in [1.807, 2.05) is 37.3 Å². The van der Waals surface area contributed by atoms with Crippen molar-refractivity contribution in [3.63, 3.8) is 0 Å². The number of amides is 1. The van der Waals surface area contributed by atoms with Gasteiger partial charge in [0.2, 0.25) is 10.0 Å². The first-order chi connectivity index (χ1) is 14.8. The highest BCUT2D eigenvalue weighted by Crippen LogP contribution is 2.22. The molecule has 0 saturated carbocycles. The van der Waals surface area contributed by atoms with E-state index in [0.717, 1.165) is 19.3 Å². The van der Waals surface area contributed by atoms with Gasteiger partial charge in [-0.05, 0) is 57.0 Å². The predicted octanol–water partition coefficient (Wildman–Crippen LogP) is 3.46. The van der Waals surface area contributed by atoms with Gasteiger partial charge in [-0.25, -0.2) is 13.2 Å². The predicted molar refractivity (Wildman–Crippen MR) is 118 cm³/mol. The highest BCUT2D eigenvalue weighted by Gasteiger charge is 2.28. The van der Waals surface area contributed by atoms with Crippen molar-refractivity contribution in [1.29, 1.82) is 0 Å². The molecule has 3 rings (SSSR count). The lowest BCUT2D eigenvalue weighted by molar-refractivity contribution is -0.126. The second-order valence-electron chi connectivity index (χ2n) is 7.46. The molecule has 7 nitrogen and oxygen atoms in total. The number of sulfonamides is 1. The number of carbonyl (C=O) groups excluding carboxylic acids is 2. The molecular formula is C23H28N2O5S. The first-order valence-electron chi connectivity index (χ1n) is 10.5. The number of para-hydroxylation sites is 1. The molecule has 166 valence electrons. The van der Waals surface area contributed by atoms with Gasteiger partial charge in [0.15, 0.2) is 6.10 Å². The molecule has 1 atom stereocenters. The topological polar surface area (TPSA) is 84.0 Å². The fourth-order valence-electron chi connectivity index (χ4n) is 3.61. The molecule has 0 spiro atoms. The number of hydrogen-bond acceptors (Lipinski definition) is 5. The highest BCUT2D eigenvalue weighted by molar-refractivity contribution is 7.89. The molecule has 1 amide bonds. The van der Waals surface area contributed by atoms with Crippen molar-refractivity contribution in [3.05, 3.63) is 60.2 Å². The zero-order valence-electron chi connectivity index (χ0n) is 17.9. The Hall–Kier alpha value is -2.71. The van der Waals surface area contributed by atoms with Gasteiger partial charge in [-0.1, -0.05) is 30.7 Å². The van der Waals surface area contributed by atoms with Gasteiger partial charge >= 0.3 is 5.97 Å². The fraction of sp³-hybridized carbons (Fsp3) is 0.391. The summed E-state index contributed by atoms with van der Waals surface area (Å²) in [5.41, 5.74) is 0.813. The maximum absolute atomic E-state index is 12.9. The van der Waals surface area contributed by atoms with Gasteiger partial charge in [0.1, 0.15) is 0 Å². The summed E-state index contributed by atoms with van der Waals surface area (Å²) in [6.07, 6.45) is 1.66. The monoisotopic (exact) mass is 444 g/mol. The van der Waals surface area contributed by atoms with Crippen molar-refractivity contribution >= 4 is 27.6 Å². The maximum atomic E-state index is 12.9. The van der Waals surface area contributed by atoms with E-state index in [9.17, 15) is 18.0 Å². The number of benzene rings is 2. The van der Waals surface area contributed by atoms with E-state index in [1.165, 1.54) is 40.4 Å². The molecule has 0 unspecified atom stereocenters. The van der Waals surface area contributed by atoms with Crippen LogP contribution < -0.4 is 4.90 Å². The Morgan fingerprint density at radius 1 is 1.03 bits per heavy atom. The minimum Gasteiger partial charge on any atom is -0.449 e. The van der Waals surface area contributed by atoms with Gasteiger partial charge < -0.3 is 9.64 Å². The number of likely N-dealkylation sites (N-methyl/N-ethyl adjacent to an activating group) is 1. The summed E-state index contributed by atoms with van der Waals surface area (Å²) in [5, 5.41) is 0. The van der Waals surface area contributed by atoms with Gasteiger partial charge in [0.05, 0.1) is 10.5 Å². The van der Waals surface area contributed by atoms with E-state index in [2.05, 4.69) is 0 Å². The molecule has 0 radical (unpaired) electrons. The van der Waals surface area contributed by atoms with Crippen LogP contribution in [-0.2, 0) is 19.6 Å². The molecule has 0 N–H and O–H groups in total. The van der Waals surface area contributed by atoms with Crippen molar-refractivity contribution in [2.45, 2.75) is 44.1 Å². The van der Waals surface area contributed by atoms with Crippen LogP contribution in [0.4, 0.5) is 5.69 Å². The third-order valence-electron chi connectivity index (χ3n) is 5.30. The molecule has 1 fully saturated rings. The van der Waals surface area contributed by atoms with Crippen LogP contribution in [0.2, 0.25) is 0 Å². The van der Waals surface area contributed by atoms with Crippen LogP contribution in [0, 0.1) is 0 Å². The first-order valence-corrected chi connectivity index (χ1v) is 12.0. The van der Waals surface area contributed by atoms with Gasteiger partial charge in [0.25, 0.3) is 5.91 Å². The number of nitrogens with zero attached hydrogens (tertiary/aromatic N) is 2. The van der Waals surface area contributed by atoms with E-state index in [1.54, 1.807) is 0 Å². The zero-order valence-corrected chi connectivity index (χ0v) is 18.7. The Balaban J connectivity index is 1.73. The third-order valence-corrected chi connectivity index (χ3v) is 7.20. The van der Waals surface area contributed by atoms with E-state index < -0.39 is 22.1 Å². The first kappa shape index (κ1) is 23.0. The second-order valence-corrected chi connectivity index (χ2v) is 9.40. The Morgan fingerprint density at radius 3 is 2.35 bits per heavy atom. The van der Waals surface area contributed by atoms with Crippen LogP contribution in [0.5, 0.6) is 0 Å². The molecule has 0 aliphatic carbocycles. The van der Waals surface area contributed by atoms with Gasteiger partial charge in [-0.3, -0.25) is 4.79 Å². The standard InChI is InChI=1S/C23H28N2O5S/c1-3-25(20-12-6-4-7-13-20)22(26)18(2)30-23(27)19-11-10-14-21(17-19)31(28,29)24-15-8-5-9-16-24/h4,6-7,10-14,17-18H,3,5,8-9,15-16H2,1-2H3/t18-/m1/s1. The summed E-state index contributed by atoms with van der Waals surface area (Å²) < 4.78 is 32.6. The molecular weight excluding hydrogens is 416 g/mol. The Bertz CT molecular complexity index is 1020. The van der Waals surface area contributed by atoms with E-state index in [0.29, 0.717) is 25.3 Å². The van der Waals surface area contributed by atoms with Gasteiger partial charge in [0, 0.05) is 25.3 Å². The van der Waals surface area contributed by atoms with Crippen LogP contribution >= 0.6 is 0 Å². The molecule has 1 heterocycles. The number of piperidine rings is 1. The molecule has 1 aliphatic heterocycles. The van der Waals surface area contributed by atoms with Gasteiger partial charge in [-0.2, -0.15) is 4.31 Å². The highest BCUT2D eigenvalue weighted by atomic mass is 32.2. The van der Waals surface area contributed by atoms with Crippen LogP contribution in [0.15, 0.2) is 59.5 Å². The average molecular weight is 445 g/mol. The van der Waals surface area contributed by atoms with Crippen LogP contribution in [0.25, 0.3) is 0 Å². The number of anilines is 1. The molecule has 0 aromatic heterocycles. The summed E-state index contributed by atoms with van der Waals surface area (Å²) in [4.78, 5) is 27.1. The fourth-order valence-corrected chi connectivity index (χ4v) is 5.17. The van der Waals surface area contributed by atoms with Crippen molar-refractivity contribution in [2.75, 3.05) is 24.5 Å². The minimum atomic E-state index is -3.67.